The second-order valence-corrected chi connectivity index (χ2v) is 5.72. The first-order valence-electron chi connectivity index (χ1n) is 8.77. The minimum absolute atomic E-state index is 0. The molecule has 0 spiro atoms. The SMILES string of the molecule is CCNC(=NCCCn1cccn1)Nc1ccc2c(c1)OCCCO2.I. The van der Waals surface area contributed by atoms with Crippen LogP contribution in [0.4, 0.5) is 5.69 Å². The number of halogens is 1. The van der Waals surface area contributed by atoms with Gasteiger partial charge in [-0.3, -0.25) is 9.67 Å². The summed E-state index contributed by atoms with van der Waals surface area (Å²) in [5, 5.41) is 10.8. The highest BCUT2D eigenvalue weighted by Crippen LogP contribution is 2.32. The second kappa shape index (κ2) is 10.9. The Bertz CT molecular complexity index is 691. The second-order valence-electron chi connectivity index (χ2n) is 5.72. The minimum Gasteiger partial charge on any atom is -0.490 e. The van der Waals surface area contributed by atoms with Gasteiger partial charge in [-0.15, -0.1) is 24.0 Å². The van der Waals surface area contributed by atoms with Crippen LogP contribution in [-0.4, -0.2) is 42.0 Å². The van der Waals surface area contributed by atoms with Crippen molar-refractivity contribution >= 4 is 35.6 Å². The van der Waals surface area contributed by atoms with Crippen LogP contribution >= 0.6 is 24.0 Å². The number of ether oxygens (including phenoxy) is 2. The van der Waals surface area contributed by atoms with Crippen molar-refractivity contribution in [3.05, 3.63) is 36.7 Å². The van der Waals surface area contributed by atoms with Crippen molar-refractivity contribution in [3.63, 3.8) is 0 Å². The Morgan fingerprint density at radius 2 is 2.12 bits per heavy atom. The number of aromatic nitrogens is 2. The summed E-state index contributed by atoms with van der Waals surface area (Å²) in [6, 6.07) is 7.80. The first-order valence-corrected chi connectivity index (χ1v) is 8.77. The van der Waals surface area contributed by atoms with Gasteiger partial charge in [0.05, 0.1) is 13.2 Å². The van der Waals surface area contributed by atoms with E-state index in [2.05, 4.69) is 27.6 Å². The molecule has 7 nitrogen and oxygen atoms in total. The lowest BCUT2D eigenvalue weighted by Crippen LogP contribution is -2.30. The lowest BCUT2D eigenvalue weighted by molar-refractivity contribution is 0.297. The molecule has 142 valence electrons. The number of anilines is 1. The standard InChI is InChI=1S/C18H25N5O2.HI/c1-2-19-18(20-8-3-10-23-11-4-9-21-23)22-15-6-7-16-17(14-15)25-13-5-12-24-16;/h4,6-7,9,11,14H,2-3,5,8,10,12-13H2,1H3,(H2,19,20,22);1H. The molecule has 2 N–H and O–H groups in total. The molecule has 1 aliphatic heterocycles. The maximum Gasteiger partial charge on any atom is 0.195 e. The molecule has 0 aliphatic carbocycles. The normalized spacial score (nSPS) is 13.5. The Labute approximate surface area is 171 Å². The zero-order valence-corrected chi connectivity index (χ0v) is 17.3. The molecule has 0 saturated carbocycles. The number of guanidine groups is 1. The molecule has 8 heteroatoms. The van der Waals surface area contributed by atoms with Gasteiger partial charge in [0.25, 0.3) is 0 Å². The van der Waals surface area contributed by atoms with E-state index in [-0.39, 0.29) is 24.0 Å². The summed E-state index contributed by atoms with van der Waals surface area (Å²) in [5.41, 5.74) is 0.927. The quantitative estimate of drug-likeness (QED) is 0.293. The van der Waals surface area contributed by atoms with Crippen LogP contribution in [0.25, 0.3) is 0 Å². The van der Waals surface area contributed by atoms with Crippen molar-refractivity contribution in [2.45, 2.75) is 26.3 Å². The average molecular weight is 471 g/mol. The van der Waals surface area contributed by atoms with E-state index < -0.39 is 0 Å². The van der Waals surface area contributed by atoms with Crippen LogP contribution in [0.15, 0.2) is 41.7 Å². The number of hydrogen-bond donors (Lipinski definition) is 2. The van der Waals surface area contributed by atoms with E-state index >= 15 is 0 Å². The van der Waals surface area contributed by atoms with E-state index in [9.17, 15) is 0 Å². The fourth-order valence-electron chi connectivity index (χ4n) is 2.54. The summed E-state index contributed by atoms with van der Waals surface area (Å²) >= 11 is 0. The Balaban J connectivity index is 0.00000243. The molecule has 0 fully saturated rings. The third-order valence-corrected chi connectivity index (χ3v) is 3.73. The summed E-state index contributed by atoms with van der Waals surface area (Å²) in [6.45, 7) is 5.81. The van der Waals surface area contributed by atoms with Crippen LogP contribution in [0.5, 0.6) is 11.5 Å². The van der Waals surface area contributed by atoms with Gasteiger partial charge in [-0.25, -0.2) is 0 Å². The van der Waals surface area contributed by atoms with Gasteiger partial charge in [0.2, 0.25) is 0 Å². The first kappa shape index (κ1) is 20.3. The number of aliphatic imine (C=N–C) groups is 1. The zero-order valence-electron chi connectivity index (χ0n) is 15.0. The van der Waals surface area contributed by atoms with Crippen LogP contribution in [0.1, 0.15) is 19.8 Å². The molecule has 0 radical (unpaired) electrons. The number of aryl methyl sites for hydroxylation is 1. The molecule has 0 bridgehead atoms. The van der Waals surface area contributed by atoms with Gasteiger partial charge in [-0.1, -0.05) is 0 Å². The fourth-order valence-corrected chi connectivity index (χ4v) is 2.54. The molecule has 1 aromatic heterocycles. The third kappa shape index (κ3) is 6.08. The van der Waals surface area contributed by atoms with Crippen molar-refractivity contribution in [1.82, 2.24) is 15.1 Å². The number of rotatable bonds is 6. The molecular formula is C18H26IN5O2. The van der Waals surface area contributed by atoms with E-state index in [1.165, 1.54) is 0 Å². The van der Waals surface area contributed by atoms with Crippen LogP contribution in [0, 0.1) is 0 Å². The van der Waals surface area contributed by atoms with Crippen molar-refractivity contribution in [3.8, 4) is 11.5 Å². The fraction of sp³-hybridized carbons (Fsp3) is 0.444. The topological polar surface area (TPSA) is 72.7 Å². The van der Waals surface area contributed by atoms with E-state index in [4.69, 9.17) is 9.47 Å². The molecule has 2 aromatic rings. The molecular weight excluding hydrogens is 445 g/mol. The summed E-state index contributed by atoms with van der Waals surface area (Å²) < 4.78 is 13.3. The largest absolute Gasteiger partial charge is 0.490 e. The van der Waals surface area contributed by atoms with Crippen LogP contribution in [0.3, 0.4) is 0 Å². The number of nitrogens with zero attached hydrogens (tertiary/aromatic N) is 3. The van der Waals surface area contributed by atoms with Crippen LogP contribution in [-0.2, 0) is 6.54 Å². The van der Waals surface area contributed by atoms with Crippen molar-refractivity contribution in [2.24, 2.45) is 4.99 Å². The summed E-state index contributed by atoms with van der Waals surface area (Å²) in [4.78, 5) is 4.62. The van der Waals surface area contributed by atoms with Gasteiger partial charge in [-0.05, 0) is 31.5 Å². The highest BCUT2D eigenvalue weighted by atomic mass is 127. The Hall–Kier alpha value is -1.97. The average Bonchev–Trinajstić information content (AvgIpc) is 3.03. The molecule has 1 aromatic carbocycles. The van der Waals surface area contributed by atoms with Gasteiger partial charge in [0, 0.05) is 50.2 Å². The Kier molecular flexibility index (Phi) is 8.52. The highest BCUT2D eigenvalue weighted by molar-refractivity contribution is 14.0. The third-order valence-electron chi connectivity index (χ3n) is 3.73. The molecule has 0 amide bonds. The van der Waals surface area contributed by atoms with E-state index in [0.717, 1.165) is 55.6 Å². The molecule has 2 heterocycles. The molecule has 0 atom stereocenters. The molecule has 3 rings (SSSR count). The van der Waals surface area contributed by atoms with Gasteiger partial charge in [0.15, 0.2) is 17.5 Å². The predicted octanol–water partition coefficient (Wildman–Crippen LogP) is 3.13. The summed E-state index contributed by atoms with van der Waals surface area (Å²) in [6.07, 6.45) is 5.58. The minimum atomic E-state index is 0. The number of fused-ring (bicyclic) bond motifs is 1. The van der Waals surface area contributed by atoms with Crippen LogP contribution in [0.2, 0.25) is 0 Å². The lowest BCUT2D eigenvalue weighted by atomic mass is 10.3. The van der Waals surface area contributed by atoms with E-state index in [1.54, 1.807) is 6.20 Å². The van der Waals surface area contributed by atoms with Crippen LogP contribution < -0.4 is 20.1 Å². The van der Waals surface area contributed by atoms with Crippen molar-refractivity contribution < 1.29 is 9.47 Å². The van der Waals surface area contributed by atoms with Gasteiger partial charge in [0.1, 0.15) is 0 Å². The van der Waals surface area contributed by atoms with Crippen molar-refractivity contribution in [2.75, 3.05) is 31.6 Å². The maximum absolute atomic E-state index is 5.74. The number of hydrogen-bond acceptors (Lipinski definition) is 4. The maximum atomic E-state index is 5.74. The Morgan fingerprint density at radius 3 is 2.88 bits per heavy atom. The van der Waals surface area contributed by atoms with Crippen molar-refractivity contribution in [1.29, 1.82) is 0 Å². The van der Waals surface area contributed by atoms with E-state index in [0.29, 0.717) is 13.2 Å². The highest BCUT2D eigenvalue weighted by Gasteiger charge is 2.11. The molecule has 0 saturated heterocycles. The summed E-state index contributed by atoms with van der Waals surface area (Å²) in [5.74, 6) is 2.33. The first-order chi connectivity index (χ1) is 12.3. The molecule has 1 aliphatic rings. The smallest absolute Gasteiger partial charge is 0.195 e. The number of benzene rings is 1. The van der Waals surface area contributed by atoms with Gasteiger partial charge >= 0.3 is 0 Å². The van der Waals surface area contributed by atoms with Gasteiger partial charge in [-0.2, -0.15) is 5.10 Å². The van der Waals surface area contributed by atoms with Gasteiger partial charge < -0.3 is 20.1 Å². The molecule has 26 heavy (non-hydrogen) atoms. The monoisotopic (exact) mass is 471 g/mol. The summed E-state index contributed by atoms with van der Waals surface area (Å²) in [7, 11) is 0. The van der Waals surface area contributed by atoms with E-state index in [1.807, 2.05) is 35.1 Å². The number of nitrogens with one attached hydrogen (secondary N) is 2. The lowest BCUT2D eigenvalue weighted by Gasteiger charge is -2.13. The Morgan fingerprint density at radius 1 is 1.27 bits per heavy atom. The predicted molar refractivity (Wildman–Crippen MR) is 114 cm³/mol. The molecule has 0 unspecified atom stereocenters. The zero-order chi connectivity index (χ0) is 17.3.